The van der Waals surface area contributed by atoms with E-state index in [1.54, 1.807) is 7.11 Å². The number of methoxy groups -OCH3 is 1. The third kappa shape index (κ3) is 3.52. The van der Waals surface area contributed by atoms with E-state index < -0.39 is 0 Å². The Morgan fingerprint density at radius 3 is 2.71 bits per heavy atom. The zero-order chi connectivity index (χ0) is 23.5. The smallest absolute Gasteiger partial charge is 0.212 e. The van der Waals surface area contributed by atoms with Gasteiger partial charge in [-0.15, -0.1) is 0 Å². The minimum atomic E-state index is 0.552. The van der Waals surface area contributed by atoms with Crippen molar-refractivity contribution in [3.8, 4) is 17.0 Å². The summed E-state index contributed by atoms with van der Waals surface area (Å²) in [6, 6.07) is 11.6. The summed E-state index contributed by atoms with van der Waals surface area (Å²) in [5.74, 6) is 1.70. The Morgan fingerprint density at radius 2 is 1.97 bits per heavy atom. The average molecular weight is 530 g/mol. The van der Waals surface area contributed by atoms with Gasteiger partial charge in [0, 0.05) is 83.8 Å². The van der Waals surface area contributed by atoms with Gasteiger partial charge in [0.2, 0.25) is 5.88 Å². The number of piperazine rings is 1. The maximum absolute atomic E-state index is 5.18. The third-order valence-electron chi connectivity index (χ3n) is 7.37. The number of ether oxygens (including phenoxy) is 1. The zero-order valence-corrected chi connectivity index (χ0v) is 20.9. The molecule has 2 bridgehead atoms. The van der Waals surface area contributed by atoms with Gasteiger partial charge in [-0.25, -0.2) is 14.5 Å². The Hall–Kier alpha value is -3.30. The number of aliphatic imine (C=N–C) groups is 1. The summed E-state index contributed by atoms with van der Waals surface area (Å²) >= 11 is 3.64. The first-order valence-electron chi connectivity index (χ1n) is 11.8. The molecular formula is C26H24BrN7O. The van der Waals surface area contributed by atoms with Crippen LogP contribution in [0.4, 0.5) is 5.82 Å². The molecule has 0 spiro atoms. The van der Waals surface area contributed by atoms with Crippen LogP contribution in [0.1, 0.15) is 23.2 Å². The van der Waals surface area contributed by atoms with E-state index in [0.717, 1.165) is 57.8 Å². The molecule has 0 aliphatic carbocycles. The number of halogens is 1. The van der Waals surface area contributed by atoms with Gasteiger partial charge >= 0.3 is 0 Å². The van der Waals surface area contributed by atoms with Gasteiger partial charge in [0.05, 0.1) is 24.9 Å². The molecule has 4 aromatic heterocycles. The fourth-order valence-corrected chi connectivity index (χ4v) is 6.04. The predicted octanol–water partition coefficient (Wildman–Crippen LogP) is 3.96. The summed E-state index contributed by atoms with van der Waals surface area (Å²) in [4.78, 5) is 18.6. The monoisotopic (exact) mass is 529 g/mol. The second-order valence-electron chi connectivity index (χ2n) is 9.43. The molecule has 4 aliphatic rings. The van der Waals surface area contributed by atoms with Crippen LogP contribution in [0.5, 0.6) is 5.88 Å². The molecule has 2 unspecified atom stereocenters. The molecule has 0 aromatic carbocycles. The van der Waals surface area contributed by atoms with Crippen LogP contribution in [0.25, 0.3) is 16.6 Å². The van der Waals surface area contributed by atoms with Crippen molar-refractivity contribution in [1.82, 2.24) is 24.5 Å². The second-order valence-corrected chi connectivity index (χ2v) is 10.3. The average Bonchev–Trinajstić information content (AvgIpc) is 3.48. The number of pyridine rings is 3. The normalized spacial score (nSPS) is 20.8. The molecule has 3 saturated heterocycles. The topological polar surface area (TPSA) is 71.2 Å². The zero-order valence-electron chi connectivity index (χ0n) is 19.3. The Kier molecular flexibility index (Phi) is 4.89. The van der Waals surface area contributed by atoms with Crippen molar-refractivity contribution in [3.05, 3.63) is 70.2 Å². The molecule has 176 valence electrons. The lowest BCUT2D eigenvalue weighted by atomic mass is 9.87. The van der Waals surface area contributed by atoms with E-state index in [9.17, 15) is 0 Å². The predicted molar refractivity (Wildman–Crippen MR) is 138 cm³/mol. The number of aromatic nitrogens is 4. The Balaban J connectivity index is 1.09. The second kappa shape index (κ2) is 8.13. The van der Waals surface area contributed by atoms with Crippen LogP contribution in [0, 0.1) is 0 Å². The molecule has 0 amide bonds. The van der Waals surface area contributed by atoms with Crippen LogP contribution in [0.15, 0.2) is 58.4 Å². The molecule has 2 atom stereocenters. The SMILES string of the molecule is COc1ccc(CN2C3CC2CN(c2ccc(-c4cc(Br)cn5nc6c(c45)C=NC6)cn2)C3)cn1. The van der Waals surface area contributed by atoms with Crippen molar-refractivity contribution >= 4 is 33.5 Å². The van der Waals surface area contributed by atoms with Crippen LogP contribution in [-0.2, 0) is 13.1 Å². The fourth-order valence-electron chi connectivity index (χ4n) is 5.61. The van der Waals surface area contributed by atoms with Gasteiger partial charge in [-0.3, -0.25) is 9.89 Å². The summed E-state index contributed by atoms with van der Waals surface area (Å²) in [7, 11) is 1.65. The van der Waals surface area contributed by atoms with E-state index in [2.05, 4.69) is 60.0 Å². The summed E-state index contributed by atoms with van der Waals surface area (Å²) in [5, 5.41) is 4.71. The molecule has 9 heteroatoms. The van der Waals surface area contributed by atoms with Gasteiger partial charge in [0.15, 0.2) is 0 Å². The highest BCUT2D eigenvalue weighted by atomic mass is 79.9. The number of nitrogens with zero attached hydrogens (tertiary/aromatic N) is 7. The van der Waals surface area contributed by atoms with Gasteiger partial charge < -0.3 is 9.64 Å². The van der Waals surface area contributed by atoms with Gasteiger partial charge in [-0.2, -0.15) is 5.10 Å². The van der Waals surface area contributed by atoms with Crippen LogP contribution >= 0.6 is 15.9 Å². The summed E-state index contributed by atoms with van der Waals surface area (Å²) in [5.41, 5.74) is 6.64. The van der Waals surface area contributed by atoms with Gasteiger partial charge in [-0.1, -0.05) is 6.07 Å². The lowest BCUT2D eigenvalue weighted by Crippen LogP contribution is -2.68. The highest BCUT2D eigenvalue weighted by molar-refractivity contribution is 9.10. The van der Waals surface area contributed by atoms with Crippen molar-refractivity contribution in [2.45, 2.75) is 31.6 Å². The minimum Gasteiger partial charge on any atom is -0.481 e. The van der Waals surface area contributed by atoms with Crippen molar-refractivity contribution < 1.29 is 4.74 Å². The van der Waals surface area contributed by atoms with Crippen molar-refractivity contribution in [3.63, 3.8) is 0 Å². The molecule has 3 fully saturated rings. The molecule has 8 nitrogen and oxygen atoms in total. The van der Waals surface area contributed by atoms with E-state index >= 15 is 0 Å². The van der Waals surface area contributed by atoms with Crippen LogP contribution in [-0.4, -0.2) is 63.0 Å². The fraction of sp³-hybridized carbons (Fsp3) is 0.308. The lowest BCUT2D eigenvalue weighted by molar-refractivity contribution is -0.00876. The largest absolute Gasteiger partial charge is 0.481 e. The Bertz CT molecular complexity index is 1440. The Labute approximate surface area is 211 Å². The highest BCUT2D eigenvalue weighted by Crippen LogP contribution is 2.37. The maximum atomic E-state index is 5.18. The molecule has 0 radical (unpaired) electrons. The number of piperidine rings is 1. The molecule has 35 heavy (non-hydrogen) atoms. The summed E-state index contributed by atoms with van der Waals surface area (Å²) < 4.78 is 8.12. The first-order chi connectivity index (χ1) is 17.2. The van der Waals surface area contributed by atoms with Crippen LogP contribution < -0.4 is 9.64 Å². The van der Waals surface area contributed by atoms with Crippen molar-refractivity contribution in [1.29, 1.82) is 0 Å². The molecule has 4 aliphatic heterocycles. The number of hydrogen-bond donors (Lipinski definition) is 0. The Morgan fingerprint density at radius 1 is 1.09 bits per heavy atom. The van der Waals surface area contributed by atoms with E-state index in [-0.39, 0.29) is 0 Å². The van der Waals surface area contributed by atoms with Crippen molar-refractivity contribution in [2.75, 3.05) is 25.1 Å². The van der Waals surface area contributed by atoms with Crippen LogP contribution in [0.2, 0.25) is 0 Å². The first kappa shape index (κ1) is 21.0. The van der Waals surface area contributed by atoms with Crippen molar-refractivity contribution in [2.24, 2.45) is 4.99 Å². The van der Waals surface area contributed by atoms with E-state index in [0.29, 0.717) is 24.5 Å². The molecule has 0 N–H and O–H groups in total. The molecule has 8 rings (SSSR count). The van der Waals surface area contributed by atoms with Gasteiger partial charge in [-0.05, 0) is 46.1 Å². The van der Waals surface area contributed by atoms with Crippen LogP contribution in [0.3, 0.4) is 0 Å². The summed E-state index contributed by atoms with van der Waals surface area (Å²) in [6.07, 6.45) is 9.10. The molecular weight excluding hydrogens is 506 g/mol. The number of fused-ring (bicyclic) bond motifs is 5. The third-order valence-corrected chi connectivity index (χ3v) is 7.80. The van der Waals surface area contributed by atoms with E-state index in [1.165, 1.54) is 12.0 Å². The van der Waals surface area contributed by atoms with Gasteiger partial charge in [0.25, 0.3) is 0 Å². The molecule has 4 aromatic rings. The maximum Gasteiger partial charge on any atom is 0.212 e. The number of hydrogen-bond acceptors (Lipinski definition) is 7. The molecule has 0 saturated carbocycles. The first-order valence-corrected chi connectivity index (χ1v) is 12.6. The lowest BCUT2D eigenvalue weighted by Gasteiger charge is -2.56. The van der Waals surface area contributed by atoms with E-state index in [1.807, 2.05) is 35.4 Å². The quantitative estimate of drug-likeness (QED) is 0.389. The number of anilines is 1. The molecule has 8 heterocycles. The number of rotatable bonds is 5. The van der Waals surface area contributed by atoms with E-state index in [4.69, 9.17) is 14.8 Å². The minimum absolute atomic E-state index is 0.552. The standard InChI is InChI=1S/C26H24BrN7O/c1-35-25-5-2-16(8-30-25)12-33-19-7-20(33)15-32(14-19)24-4-3-17(9-29-24)21-6-18(27)13-34-26(21)22-10-28-11-23(22)31-34/h2-6,8-10,13,19-20H,7,11-12,14-15H2,1H3. The summed E-state index contributed by atoms with van der Waals surface area (Å²) in [6.45, 7) is 3.58. The highest BCUT2D eigenvalue weighted by Gasteiger charge is 2.44. The van der Waals surface area contributed by atoms with Gasteiger partial charge in [0.1, 0.15) is 5.82 Å².